The van der Waals surface area contributed by atoms with Crippen LogP contribution in [0.4, 0.5) is 0 Å². The molecule has 0 unspecified atom stereocenters. The van der Waals surface area contributed by atoms with Gasteiger partial charge in [0.2, 0.25) is 5.91 Å². The van der Waals surface area contributed by atoms with Crippen LogP contribution in [0.5, 0.6) is 0 Å². The van der Waals surface area contributed by atoms with E-state index in [0.717, 1.165) is 32.1 Å². The Balaban J connectivity index is 2.21. The van der Waals surface area contributed by atoms with Crippen LogP contribution in [0.15, 0.2) is 0 Å². The molecule has 5 heteroatoms. The highest BCUT2D eigenvalue weighted by Gasteiger charge is 2.53. The molecule has 74 valence electrons. The zero-order chi connectivity index (χ0) is 9.64. The van der Waals surface area contributed by atoms with Crippen molar-refractivity contribution in [1.29, 1.82) is 0 Å². The summed E-state index contributed by atoms with van der Waals surface area (Å²) in [5.41, 5.74) is 0. The fourth-order valence-electron chi connectivity index (χ4n) is 2.26. The molecule has 0 radical (unpaired) electrons. The molecule has 0 N–H and O–H groups in total. The summed E-state index contributed by atoms with van der Waals surface area (Å²) in [6.45, 7) is 0.746. The number of fused-ring (bicyclic) bond motifs is 1. The van der Waals surface area contributed by atoms with Gasteiger partial charge >= 0.3 is 0 Å². The molecule has 2 aliphatic heterocycles. The summed E-state index contributed by atoms with van der Waals surface area (Å²) in [7, 11) is -3.18. The number of piperidine rings is 1. The van der Waals surface area contributed by atoms with Crippen LogP contribution in [0, 0.1) is 0 Å². The van der Waals surface area contributed by atoms with Crippen LogP contribution in [-0.4, -0.2) is 43.3 Å². The number of amides is 1. The summed E-state index contributed by atoms with van der Waals surface area (Å²) < 4.78 is 22.5. The Labute approximate surface area is 77.8 Å². The van der Waals surface area contributed by atoms with E-state index in [-0.39, 0.29) is 11.9 Å². The largest absolute Gasteiger partial charge is 0.337 e. The molecule has 0 aliphatic carbocycles. The molecule has 2 saturated heterocycles. The van der Waals surface area contributed by atoms with Crippen molar-refractivity contribution in [3.8, 4) is 0 Å². The third-order valence-electron chi connectivity index (χ3n) is 2.89. The van der Waals surface area contributed by atoms with E-state index in [1.165, 1.54) is 0 Å². The number of sulfone groups is 1. The number of hydrogen-bond donors (Lipinski definition) is 0. The topological polar surface area (TPSA) is 54.5 Å². The smallest absolute Gasteiger partial charge is 0.243 e. The van der Waals surface area contributed by atoms with E-state index >= 15 is 0 Å². The minimum Gasteiger partial charge on any atom is -0.337 e. The Morgan fingerprint density at radius 1 is 1.38 bits per heavy atom. The number of carbonyl (C=O) groups is 1. The van der Waals surface area contributed by atoms with Crippen molar-refractivity contribution in [2.24, 2.45) is 0 Å². The van der Waals surface area contributed by atoms with Crippen LogP contribution < -0.4 is 0 Å². The second-order valence-corrected chi connectivity index (χ2v) is 6.01. The van der Waals surface area contributed by atoms with Crippen molar-refractivity contribution < 1.29 is 13.2 Å². The Morgan fingerprint density at radius 3 is 2.69 bits per heavy atom. The molecule has 2 rings (SSSR count). The summed E-state index contributed by atoms with van der Waals surface area (Å²) >= 11 is 0. The van der Waals surface area contributed by atoms with Crippen molar-refractivity contribution >= 4 is 15.7 Å². The van der Waals surface area contributed by atoms with E-state index in [2.05, 4.69) is 0 Å². The van der Waals surface area contributed by atoms with Gasteiger partial charge in [-0.25, -0.2) is 8.42 Å². The van der Waals surface area contributed by atoms with Gasteiger partial charge in [0, 0.05) is 12.8 Å². The SMILES string of the molecule is CS(=O)(=O)[C@H]1C(=O)N2CCCC[C@H]12. The summed E-state index contributed by atoms with van der Waals surface area (Å²) in [6, 6.07) is -0.0174. The lowest BCUT2D eigenvalue weighted by atomic mass is 9.91. The number of β-lactam (4-membered cyclic amide) rings is 1. The normalized spacial score (nSPS) is 33.9. The molecule has 0 saturated carbocycles. The van der Waals surface area contributed by atoms with E-state index in [9.17, 15) is 13.2 Å². The molecule has 2 atom stereocenters. The Morgan fingerprint density at radius 2 is 2.08 bits per heavy atom. The first kappa shape index (κ1) is 8.99. The van der Waals surface area contributed by atoms with Crippen molar-refractivity contribution in [3.63, 3.8) is 0 Å². The van der Waals surface area contributed by atoms with E-state index in [1.807, 2.05) is 0 Å². The average Bonchev–Trinajstić information content (AvgIpc) is 2.00. The molecule has 1 amide bonds. The van der Waals surface area contributed by atoms with Crippen LogP contribution in [0.2, 0.25) is 0 Å². The highest BCUT2D eigenvalue weighted by atomic mass is 32.2. The van der Waals surface area contributed by atoms with Crippen molar-refractivity contribution in [2.45, 2.75) is 30.6 Å². The van der Waals surface area contributed by atoms with Crippen LogP contribution in [0.25, 0.3) is 0 Å². The van der Waals surface area contributed by atoms with E-state index < -0.39 is 15.1 Å². The van der Waals surface area contributed by atoms with E-state index in [1.54, 1.807) is 4.90 Å². The molecule has 0 spiro atoms. The fraction of sp³-hybridized carbons (Fsp3) is 0.875. The molecule has 2 aliphatic rings. The maximum Gasteiger partial charge on any atom is 0.243 e. The van der Waals surface area contributed by atoms with Gasteiger partial charge in [0.25, 0.3) is 0 Å². The lowest BCUT2D eigenvalue weighted by molar-refractivity contribution is -0.147. The average molecular weight is 203 g/mol. The summed E-state index contributed by atoms with van der Waals surface area (Å²) in [5.74, 6) is -0.188. The third kappa shape index (κ3) is 1.25. The predicted octanol–water partition coefficient (Wildman–Crippen LogP) is -0.206. The monoisotopic (exact) mass is 203 g/mol. The molecular weight excluding hydrogens is 190 g/mol. The summed E-state index contributed by atoms with van der Waals surface area (Å²) in [6.07, 6.45) is 4.06. The van der Waals surface area contributed by atoms with E-state index in [0.29, 0.717) is 0 Å². The van der Waals surface area contributed by atoms with Crippen LogP contribution in [0.1, 0.15) is 19.3 Å². The molecule has 4 nitrogen and oxygen atoms in total. The first-order chi connectivity index (χ1) is 6.02. The van der Waals surface area contributed by atoms with Gasteiger partial charge in [0.1, 0.15) is 0 Å². The minimum absolute atomic E-state index is 0.0174. The van der Waals surface area contributed by atoms with Crippen molar-refractivity contribution in [3.05, 3.63) is 0 Å². The van der Waals surface area contributed by atoms with Gasteiger partial charge in [-0.15, -0.1) is 0 Å². The van der Waals surface area contributed by atoms with Crippen LogP contribution in [0.3, 0.4) is 0 Å². The second kappa shape index (κ2) is 2.70. The van der Waals surface area contributed by atoms with Crippen molar-refractivity contribution in [1.82, 2.24) is 4.90 Å². The van der Waals surface area contributed by atoms with Gasteiger partial charge in [-0.05, 0) is 19.3 Å². The Hall–Kier alpha value is -0.580. The highest BCUT2D eigenvalue weighted by molar-refractivity contribution is 7.92. The quantitative estimate of drug-likeness (QED) is 0.554. The molecular formula is C8H13NO3S. The number of hydrogen-bond acceptors (Lipinski definition) is 3. The summed E-state index contributed by atoms with van der Waals surface area (Å²) in [4.78, 5) is 13.1. The van der Waals surface area contributed by atoms with Crippen molar-refractivity contribution in [2.75, 3.05) is 12.8 Å². The predicted molar refractivity (Wildman–Crippen MR) is 48.0 cm³/mol. The van der Waals surface area contributed by atoms with Gasteiger partial charge in [-0.3, -0.25) is 4.79 Å². The minimum atomic E-state index is -3.18. The van der Waals surface area contributed by atoms with Gasteiger partial charge in [0.05, 0.1) is 6.04 Å². The first-order valence-electron chi connectivity index (χ1n) is 4.51. The van der Waals surface area contributed by atoms with Crippen LogP contribution in [-0.2, 0) is 14.6 Å². The van der Waals surface area contributed by atoms with Gasteiger partial charge in [-0.2, -0.15) is 0 Å². The number of rotatable bonds is 1. The van der Waals surface area contributed by atoms with E-state index in [4.69, 9.17) is 0 Å². The highest BCUT2D eigenvalue weighted by Crippen LogP contribution is 2.33. The Kier molecular flexibility index (Phi) is 1.87. The molecule has 0 bridgehead atoms. The first-order valence-corrected chi connectivity index (χ1v) is 6.46. The zero-order valence-electron chi connectivity index (χ0n) is 7.56. The maximum absolute atomic E-state index is 11.4. The lowest BCUT2D eigenvalue weighted by Crippen LogP contribution is -2.68. The maximum atomic E-state index is 11.4. The standard InChI is InChI=1S/C8H13NO3S/c1-13(11,12)7-6-4-2-3-5-9(6)8(7)10/h6-7H,2-5H2,1H3/t6-,7-/m1/s1. The third-order valence-corrected chi connectivity index (χ3v) is 4.32. The summed E-state index contributed by atoms with van der Waals surface area (Å²) in [5, 5.41) is -0.729. The van der Waals surface area contributed by atoms with Crippen LogP contribution >= 0.6 is 0 Å². The van der Waals surface area contributed by atoms with Gasteiger partial charge in [-0.1, -0.05) is 0 Å². The zero-order valence-corrected chi connectivity index (χ0v) is 8.38. The molecule has 13 heavy (non-hydrogen) atoms. The molecule has 2 fully saturated rings. The molecule has 0 aromatic carbocycles. The molecule has 0 aromatic heterocycles. The van der Waals surface area contributed by atoms with Gasteiger partial charge < -0.3 is 4.90 Å². The second-order valence-electron chi connectivity index (χ2n) is 3.84. The number of nitrogens with zero attached hydrogens (tertiary/aromatic N) is 1. The molecule has 0 aromatic rings. The Bertz CT molecular complexity index is 335. The fourth-order valence-corrected chi connectivity index (χ4v) is 3.62. The lowest BCUT2D eigenvalue weighted by Gasteiger charge is -2.48. The number of carbonyl (C=O) groups excluding carboxylic acids is 1. The molecule has 2 heterocycles. The van der Waals surface area contributed by atoms with Gasteiger partial charge in [0.15, 0.2) is 15.1 Å².